The Morgan fingerprint density at radius 3 is 2.81 bits per heavy atom. The fourth-order valence-electron chi connectivity index (χ4n) is 4.78. The molecule has 0 aliphatic carbocycles. The van der Waals surface area contributed by atoms with Crippen LogP contribution in [0.4, 0.5) is 0 Å². The smallest absolute Gasteiger partial charge is 0.261 e. The van der Waals surface area contributed by atoms with Crippen LogP contribution in [0.15, 0.2) is 47.5 Å². The van der Waals surface area contributed by atoms with Gasteiger partial charge < -0.3 is 19.2 Å². The highest BCUT2D eigenvalue weighted by molar-refractivity contribution is 5.78. The van der Waals surface area contributed by atoms with E-state index in [0.29, 0.717) is 31.0 Å². The Morgan fingerprint density at radius 1 is 1.16 bits per heavy atom. The summed E-state index contributed by atoms with van der Waals surface area (Å²) < 4.78 is 7.65. The first-order valence-electron chi connectivity index (χ1n) is 10.7. The molecular formula is C24H26N4O3. The molecule has 1 N–H and O–H groups in total. The molecule has 5 rings (SSSR count). The number of ether oxygens (including phenoxy) is 1. The maximum atomic E-state index is 13.1. The van der Waals surface area contributed by atoms with Gasteiger partial charge in [-0.2, -0.15) is 0 Å². The van der Waals surface area contributed by atoms with Gasteiger partial charge in [0.2, 0.25) is 0 Å². The zero-order valence-corrected chi connectivity index (χ0v) is 17.8. The maximum Gasteiger partial charge on any atom is 0.261 e. The third-order valence-electron chi connectivity index (χ3n) is 6.55. The highest BCUT2D eigenvalue weighted by atomic mass is 16.5. The number of rotatable bonds is 4. The van der Waals surface area contributed by atoms with E-state index in [1.54, 1.807) is 12.4 Å². The summed E-state index contributed by atoms with van der Waals surface area (Å²) in [7, 11) is 0. The van der Waals surface area contributed by atoms with Crippen LogP contribution in [0, 0.1) is 19.8 Å². The number of pyridine rings is 1. The molecule has 2 bridgehead atoms. The number of aromatic amines is 1. The van der Waals surface area contributed by atoms with E-state index in [1.807, 2.05) is 46.7 Å². The van der Waals surface area contributed by atoms with Crippen LogP contribution in [0.25, 0.3) is 11.4 Å². The lowest BCUT2D eigenvalue weighted by Gasteiger charge is -2.42. The minimum Gasteiger partial charge on any atom is -0.484 e. The van der Waals surface area contributed by atoms with Crippen molar-refractivity contribution in [3.63, 3.8) is 0 Å². The van der Waals surface area contributed by atoms with Gasteiger partial charge >= 0.3 is 0 Å². The SMILES string of the molecule is Cc1ccc(OCC(=O)N2C[C@@H]3C[C@H](C2)c2ccc(-c4ncc[nH]4)c(=O)n2C3)cc1C. The van der Waals surface area contributed by atoms with E-state index in [9.17, 15) is 9.59 Å². The topological polar surface area (TPSA) is 80.2 Å². The number of benzene rings is 1. The highest BCUT2D eigenvalue weighted by Crippen LogP contribution is 2.35. The first-order valence-corrected chi connectivity index (χ1v) is 10.7. The van der Waals surface area contributed by atoms with E-state index < -0.39 is 0 Å². The van der Waals surface area contributed by atoms with Crippen molar-refractivity contribution >= 4 is 5.91 Å². The van der Waals surface area contributed by atoms with Gasteiger partial charge in [-0.25, -0.2) is 4.98 Å². The number of carbonyl (C=O) groups is 1. The zero-order valence-electron chi connectivity index (χ0n) is 17.8. The number of nitrogens with zero attached hydrogens (tertiary/aromatic N) is 3. The predicted octanol–water partition coefficient (Wildman–Crippen LogP) is 2.88. The molecule has 0 unspecified atom stereocenters. The number of aryl methyl sites for hydroxylation is 2. The van der Waals surface area contributed by atoms with Gasteiger partial charge in [-0.3, -0.25) is 9.59 Å². The van der Waals surface area contributed by atoms with Crippen LogP contribution in [0.5, 0.6) is 5.75 Å². The first kappa shape index (κ1) is 19.6. The van der Waals surface area contributed by atoms with Crippen molar-refractivity contribution in [2.24, 2.45) is 5.92 Å². The number of carbonyl (C=O) groups excluding carboxylic acids is 1. The van der Waals surface area contributed by atoms with Gasteiger partial charge in [0.15, 0.2) is 6.61 Å². The second-order valence-electron chi connectivity index (χ2n) is 8.66. The highest BCUT2D eigenvalue weighted by Gasteiger charge is 2.36. The van der Waals surface area contributed by atoms with Gasteiger partial charge in [-0.1, -0.05) is 6.07 Å². The summed E-state index contributed by atoms with van der Waals surface area (Å²) in [4.78, 5) is 35.1. The zero-order chi connectivity index (χ0) is 21.5. The lowest BCUT2D eigenvalue weighted by Crippen LogP contribution is -2.50. The number of aromatic nitrogens is 3. The van der Waals surface area contributed by atoms with Crippen molar-refractivity contribution in [3.8, 4) is 17.1 Å². The maximum absolute atomic E-state index is 13.1. The van der Waals surface area contributed by atoms with Crippen LogP contribution in [-0.2, 0) is 11.3 Å². The fraction of sp³-hybridized carbons (Fsp3) is 0.375. The summed E-state index contributed by atoms with van der Waals surface area (Å²) in [5.74, 6) is 1.74. The van der Waals surface area contributed by atoms with Gasteiger partial charge in [-0.15, -0.1) is 0 Å². The minimum atomic E-state index is -0.0139. The Hall–Kier alpha value is -3.35. The van der Waals surface area contributed by atoms with Crippen LogP contribution in [0.2, 0.25) is 0 Å². The summed E-state index contributed by atoms with van der Waals surface area (Å²) in [6, 6.07) is 9.73. The Morgan fingerprint density at radius 2 is 2.03 bits per heavy atom. The molecule has 4 heterocycles. The molecule has 3 aromatic rings. The Labute approximate surface area is 180 Å². The van der Waals surface area contributed by atoms with E-state index >= 15 is 0 Å². The van der Waals surface area contributed by atoms with Gasteiger partial charge in [0.1, 0.15) is 11.6 Å². The molecule has 1 aromatic carbocycles. The molecule has 7 heteroatoms. The quantitative estimate of drug-likeness (QED) is 0.707. The molecule has 31 heavy (non-hydrogen) atoms. The van der Waals surface area contributed by atoms with Crippen molar-refractivity contribution in [3.05, 3.63) is 69.9 Å². The standard InChI is InChI=1S/C24H26N4O3/c1-15-3-4-19(9-16(15)2)31-14-22(29)27-11-17-10-18(13-27)21-6-5-20(23-25-7-8-26-23)24(30)28(21)12-17/h3-9,17-18H,10-14H2,1-2H3,(H,25,26)/t17-,18+/m0/s1. The summed E-state index contributed by atoms with van der Waals surface area (Å²) in [5.41, 5.74) is 3.92. The molecule has 1 fully saturated rings. The number of hydrogen-bond acceptors (Lipinski definition) is 4. The van der Waals surface area contributed by atoms with Gasteiger partial charge in [0.25, 0.3) is 11.5 Å². The van der Waals surface area contributed by atoms with Crippen LogP contribution in [0.1, 0.15) is 29.2 Å². The molecular weight excluding hydrogens is 392 g/mol. The second-order valence-corrected chi connectivity index (χ2v) is 8.66. The average molecular weight is 418 g/mol. The van der Waals surface area contributed by atoms with Gasteiger partial charge in [0.05, 0.1) is 5.56 Å². The minimum absolute atomic E-state index is 0.00377. The molecule has 0 saturated carbocycles. The lowest BCUT2D eigenvalue weighted by molar-refractivity contribution is -0.136. The average Bonchev–Trinajstić information content (AvgIpc) is 3.29. The number of amides is 1. The monoisotopic (exact) mass is 418 g/mol. The van der Waals surface area contributed by atoms with E-state index in [1.165, 1.54) is 5.56 Å². The largest absolute Gasteiger partial charge is 0.484 e. The normalized spacial score (nSPS) is 19.7. The summed E-state index contributed by atoms with van der Waals surface area (Å²) >= 11 is 0. The first-order chi connectivity index (χ1) is 15.0. The molecule has 1 amide bonds. The number of hydrogen-bond donors (Lipinski definition) is 1. The van der Waals surface area contributed by atoms with Crippen LogP contribution in [0.3, 0.4) is 0 Å². The Bertz CT molecular complexity index is 1180. The summed E-state index contributed by atoms with van der Waals surface area (Å²) in [5, 5.41) is 0. The van der Waals surface area contributed by atoms with E-state index in [2.05, 4.69) is 16.9 Å². The number of likely N-dealkylation sites (tertiary alicyclic amines) is 1. The molecule has 7 nitrogen and oxygen atoms in total. The van der Waals surface area contributed by atoms with Crippen LogP contribution in [-0.4, -0.2) is 45.0 Å². The van der Waals surface area contributed by atoms with Crippen molar-refractivity contribution < 1.29 is 9.53 Å². The van der Waals surface area contributed by atoms with Crippen LogP contribution < -0.4 is 10.3 Å². The molecule has 2 aromatic heterocycles. The molecule has 160 valence electrons. The predicted molar refractivity (Wildman–Crippen MR) is 117 cm³/mol. The van der Waals surface area contributed by atoms with E-state index in [-0.39, 0.29) is 29.9 Å². The lowest BCUT2D eigenvalue weighted by atomic mass is 9.83. The number of nitrogens with one attached hydrogen (secondary N) is 1. The molecule has 2 aliphatic heterocycles. The number of fused-ring (bicyclic) bond motifs is 4. The molecule has 0 spiro atoms. The van der Waals surface area contributed by atoms with Crippen molar-refractivity contribution in [1.29, 1.82) is 0 Å². The van der Waals surface area contributed by atoms with Crippen LogP contribution >= 0.6 is 0 Å². The third-order valence-corrected chi connectivity index (χ3v) is 6.55. The van der Waals surface area contributed by atoms with E-state index in [4.69, 9.17) is 4.74 Å². The van der Waals surface area contributed by atoms with Crippen molar-refractivity contribution in [2.45, 2.75) is 32.7 Å². The Kier molecular flexibility index (Phi) is 4.88. The van der Waals surface area contributed by atoms with Crippen molar-refractivity contribution in [2.75, 3.05) is 19.7 Å². The number of piperidine rings is 1. The number of imidazole rings is 1. The third kappa shape index (κ3) is 3.65. The van der Waals surface area contributed by atoms with Gasteiger partial charge in [0, 0.05) is 43.6 Å². The fourth-order valence-corrected chi connectivity index (χ4v) is 4.78. The second kappa shape index (κ2) is 7.72. The van der Waals surface area contributed by atoms with Crippen molar-refractivity contribution in [1.82, 2.24) is 19.4 Å². The molecule has 0 radical (unpaired) electrons. The summed E-state index contributed by atoms with van der Waals surface area (Å²) in [6.07, 6.45) is 4.37. The van der Waals surface area contributed by atoms with E-state index in [0.717, 1.165) is 23.4 Å². The van der Waals surface area contributed by atoms with Gasteiger partial charge in [-0.05, 0) is 61.6 Å². The molecule has 1 saturated heterocycles. The Balaban J connectivity index is 1.31. The number of H-pyrrole nitrogens is 1. The molecule has 2 atom stereocenters. The summed E-state index contributed by atoms with van der Waals surface area (Å²) in [6.45, 7) is 6.02. The molecule has 2 aliphatic rings.